The van der Waals surface area contributed by atoms with Gasteiger partial charge >= 0.3 is 0 Å². The van der Waals surface area contributed by atoms with Gasteiger partial charge in [0.25, 0.3) is 0 Å². The van der Waals surface area contributed by atoms with Gasteiger partial charge in [0.05, 0.1) is 10.3 Å². The fourth-order valence-corrected chi connectivity index (χ4v) is 2.62. The zero-order chi connectivity index (χ0) is 12.4. The molecular formula is C9H17N3O2S2. The third-order valence-electron chi connectivity index (χ3n) is 2.88. The van der Waals surface area contributed by atoms with E-state index in [-0.39, 0.29) is 6.04 Å². The number of hydrogen-bond donors (Lipinski definition) is 2. The van der Waals surface area contributed by atoms with Crippen LogP contribution in [0.5, 0.6) is 0 Å². The number of nitrogens with zero attached hydrogens (tertiary/aromatic N) is 1. The van der Waals surface area contributed by atoms with Crippen LogP contribution in [0.2, 0.25) is 0 Å². The van der Waals surface area contributed by atoms with Gasteiger partial charge in [-0.15, -0.1) is 11.3 Å². The molecule has 0 bridgehead atoms. The molecule has 0 radical (unpaired) electrons. The minimum Gasteiger partial charge on any atom is -0.271 e. The first kappa shape index (κ1) is 13.6. The second-order valence-electron chi connectivity index (χ2n) is 4.27. The van der Waals surface area contributed by atoms with E-state index in [1.807, 2.05) is 0 Å². The summed E-state index contributed by atoms with van der Waals surface area (Å²) in [6, 6.07) is -0.331. The fourth-order valence-electron chi connectivity index (χ4n) is 1.31. The summed E-state index contributed by atoms with van der Waals surface area (Å²) in [4.78, 5) is 4.97. The van der Waals surface area contributed by atoms with Crippen molar-refractivity contribution >= 4 is 21.2 Å². The molecule has 0 aliphatic heterocycles. The van der Waals surface area contributed by atoms with Gasteiger partial charge in [0, 0.05) is 29.8 Å². The molecule has 0 saturated carbocycles. The average molecular weight is 263 g/mol. The molecule has 5 nitrogen and oxygen atoms in total. The molecule has 92 valence electrons. The Morgan fingerprint density at radius 2 is 2.25 bits per heavy atom. The highest BCUT2D eigenvalue weighted by molar-refractivity contribution is 7.92. The maximum atomic E-state index is 11.7. The number of aromatic nitrogens is 1. The first-order chi connectivity index (χ1) is 7.29. The van der Waals surface area contributed by atoms with Crippen LogP contribution >= 0.6 is 11.3 Å². The second-order valence-corrected chi connectivity index (χ2v) is 7.83. The van der Waals surface area contributed by atoms with Crippen molar-refractivity contribution in [2.75, 3.05) is 6.26 Å². The van der Waals surface area contributed by atoms with Crippen LogP contribution in [0.4, 0.5) is 0 Å². The number of nitrogens with two attached hydrogens (primary N) is 1. The van der Waals surface area contributed by atoms with Crippen molar-refractivity contribution < 1.29 is 8.42 Å². The first-order valence-electron chi connectivity index (χ1n) is 4.82. The van der Waals surface area contributed by atoms with Crippen LogP contribution in [0, 0.1) is 0 Å². The summed E-state index contributed by atoms with van der Waals surface area (Å²) in [5, 5.41) is 0. The van der Waals surface area contributed by atoms with Gasteiger partial charge < -0.3 is 0 Å². The maximum absolute atomic E-state index is 11.7. The predicted molar refractivity (Wildman–Crippen MR) is 65.9 cm³/mol. The Bertz CT molecular complexity index is 426. The van der Waals surface area contributed by atoms with Crippen LogP contribution in [0.15, 0.2) is 11.7 Å². The van der Waals surface area contributed by atoms with Gasteiger partial charge in [0.1, 0.15) is 0 Å². The zero-order valence-electron chi connectivity index (χ0n) is 9.60. The van der Waals surface area contributed by atoms with Gasteiger partial charge in [0.15, 0.2) is 9.84 Å². The Morgan fingerprint density at radius 1 is 1.62 bits per heavy atom. The van der Waals surface area contributed by atoms with E-state index in [9.17, 15) is 8.42 Å². The van der Waals surface area contributed by atoms with Crippen molar-refractivity contribution in [3.63, 3.8) is 0 Å². The number of thiazole rings is 1. The summed E-state index contributed by atoms with van der Waals surface area (Å²) in [5.74, 6) is 5.44. The molecule has 0 aromatic carbocycles. The van der Waals surface area contributed by atoms with Gasteiger partial charge in [-0.1, -0.05) is 0 Å². The van der Waals surface area contributed by atoms with Crippen molar-refractivity contribution in [3.05, 3.63) is 16.6 Å². The van der Waals surface area contributed by atoms with E-state index < -0.39 is 14.6 Å². The van der Waals surface area contributed by atoms with Gasteiger partial charge in [-0.3, -0.25) is 16.3 Å². The Hall–Kier alpha value is -0.500. The largest absolute Gasteiger partial charge is 0.271 e. The fraction of sp³-hybridized carbons (Fsp3) is 0.667. The molecule has 7 heteroatoms. The standard InChI is InChI=1S/C9H17N3O2S2/c1-9(2,16(3,13)14)8(12-10)4-7-5-11-6-15-7/h5-6,8,12H,4,10H2,1-3H3. The van der Waals surface area contributed by atoms with E-state index in [0.29, 0.717) is 6.42 Å². The molecule has 1 rings (SSSR count). The van der Waals surface area contributed by atoms with E-state index in [1.54, 1.807) is 25.6 Å². The Kier molecular flexibility index (Phi) is 4.06. The molecule has 0 fully saturated rings. The molecule has 1 unspecified atom stereocenters. The van der Waals surface area contributed by atoms with E-state index >= 15 is 0 Å². The quantitative estimate of drug-likeness (QED) is 0.591. The summed E-state index contributed by atoms with van der Waals surface area (Å²) < 4.78 is 22.4. The predicted octanol–water partition coefficient (Wildman–Crippen LogP) is 0.341. The van der Waals surface area contributed by atoms with Crippen LogP contribution in [0.25, 0.3) is 0 Å². The van der Waals surface area contributed by atoms with Gasteiger partial charge in [-0.25, -0.2) is 8.42 Å². The summed E-state index contributed by atoms with van der Waals surface area (Å²) in [5.41, 5.74) is 4.31. The smallest absolute Gasteiger partial charge is 0.154 e. The van der Waals surface area contributed by atoms with E-state index in [0.717, 1.165) is 4.88 Å². The number of nitrogens with one attached hydrogen (secondary N) is 1. The molecule has 1 aromatic rings. The molecule has 0 saturated heterocycles. The van der Waals surface area contributed by atoms with Gasteiger partial charge in [-0.2, -0.15) is 0 Å². The van der Waals surface area contributed by atoms with E-state index in [1.165, 1.54) is 17.6 Å². The van der Waals surface area contributed by atoms with E-state index in [2.05, 4.69) is 10.4 Å². The molecule has 0 aliphatic rings. The number of hydrazine groups is 1. The number of hydrogen-bond acceptors (Lipinski definition) is 6. The summed E-state index contributed by atoms with van der Waals surface area (Å²) in [7, 11) is -3.18. The summed E-state index contributed by atoms with van der Waals surface area (Å²) >= 11 is 1.49. The van der Waals surface area contributed by atoms with Crippen molar-refractivity contribution in [3.8, 4) is 0 Å². The highest BCUT2D eigenvalue weighted by atomic mass is 32.2. The van der Waals surface area contributed by atoms with Gasteiger partial charge in [-0.05, 0) is 13.8 Å². The minimum absolute atomic E-state index is 0.331. The van der Waals surface area contributed by atoms with Crippen molar-refractivity contribution in [2.24, 2.45) is 5.84 Å². The SMILES string of the molecule is CC(C)(C(Cc1cncs1)NN)S(C)(=O)=O. The molecule has 1 aromatic heterocycles. The normalized spacial score (nSPS) is 15.0. The lowest BCUT2D eigenvalue weighted by Crippen LogP contribution is -2.54. The highest BCUT2D eigenvalue weighted by Gasteiger charge is 2.38. The molecule has 0 aliphatic carbocycles. The molecular weight excluding hydrogens is 246 g/mol. The summed E-state index contributed by atoms with van der Waals surface area (Å²) in [6.45, 7) is 3.35. The van der Waals surface area contributed by atoms with Gasteiger partial charge in [0.2, 0.25) is 0 Å². The first-order valence-corrected chi connectivity index (χ1v) is 7.59. The van der Waals surface area contributed by atoms with Crippen LogP contribution in [-0.4, -0.2) is 30.4 Å². The molecule has 3 N–H and O–H groups in total. The third-order valence-corrected chi connectivity index (χ3v) is 5.88. The lowest BCUT2D eigenvalue weighted by Gasteiger charge is -2.31. The molecule has 0 amide bonds. The zero-order valence-corrected chi connectivity index (χ0v) is 11.2. The monoisotopic (exact) mass is 263 g/mol. The van der Waals surface area contributed by atoms with Crippen molar-refractivity contribution in [1.29, 1.82) is 0 Å². The Balaban J connectivity index is 2.91. The van der Waals surface area contributed by atoms with Crippen LogP contribution in [-0.2, 0) is 16.3 Å². The third kappa shape index (κ3) is 2.79. The van der Waals surface area contributed by atoms with Crippen molar-refractivity contribution in [2.45, 2.75) is 31.1 Å². The Morgan fingerprint density at radius 3 is 2.62 bits per heavy atom. The lowest BCUT2D eigenvalue weighted by atomic mass is 10.00. The lowest BCUT2D eigenvalue weighted by molar-refractivity contribution is 0.414. The number of rotatable bonds is 5. The summed E-state index contributed by atoms with van der Waals surface area (Å²) in [6.07, 6.45) is 3.51. The van der Waals surface area contributed by atoms with Crippen LogP contribution in [0.3, 0.4) is 0 Å². The van der Waals surface area contributed by atoms with E-state index in [4.69, 9.17) is 5.84 Å². The maximum Gasteiger partial charge on any atom is 0.154 e. The molecule has 0 spiro atoms. The Labute approximate surface area is 100.0 Å². The highest BCUT2D eigenvalue weighted by Crippen LogP contribution is 2.23. The average Bonchev–Trinajstić information content (AvgIpc) is 2.64. The molecule has 1 atom stereocenters. The molecule has 1 heterocycles. The molecule has 16 heavy (non-hydrogen) atoms. The number of sulfone groups is 1. The van der Waals surface area contributed by atoms with Crippen molar-refractivity contribution in [1.82, 2.24) is 10.4 Å². The van der Waals surface area contributed by atoms with Crippen LogP contribution in [0.1, 0.15) is 18.7 Å². The minimum atomic E-state index is -3.18. The van der Waals surface area contributed by atoms with Crippen LogP contribution < -0.4 is 11.3 Å². The second kappa shape index (κ2) is 4.79. The topological polar surface area (TPSA) is 85.1 Å².